The molecule has 0 amide bonds. The quantitative estimate of drug-likeness (QED) is 0.804. The number of nitrogens with zero attached hydrogens (tertiary/aromatic N) is 1. The minimum Gasteiger partial charge on any atom is -0.326 e. The second-order valence-corrected chi connectivity index (χ2v) is 4.27. The lowest BCUT2D eigenvalue weighted by atomic mass is 10.1. The lowest BCUT2D eigenvalue weighted by Gasteiger charge is -2.24. The van der Waals surface area contributed by atoms with Crippen molar-refractivity contribution in [2.45, 2.75) is 25.4 Å². The maximum Gasteiger partial charge on any atom is 0.123 e. The second kappa shape index (κ2) is 4.29. The van der Waals surface area contributed by atoms with E-state index >= 15 is 0 Å². The summed E-state index contributed by atoms with van der Waals surface area (Å²) in [4.78, 5) is 2.35. The Hall–Kier alpha value is -0.930. The molecule has 1 saturated heterocycles. The number of likely N-dealkylation sites (tertiary alicyclic amines) is 1. The highest BCUT2D eigenvalue weighted by molar-refractivity contribution is 5.19. The van der Waals surface area contributed by atoms with Gasteiger partial charge in [-0.1, -0.05) is 12.1 Å². The molecule has 1 heterocycles. The Morgan fingerprint density at radius 2 is 2.07 bits per heavy atom. The van der Waals surface area contributed by atoms with Crippen LogP contribution in [0.5, 0.6) is 0 Å². The van der Waals surface area contributed by atoms with Crippen LogP contribution in [0, 0.1) is 5.82 Å². The fraction of sp³-hybridized carbons (Fsp3) is 0.500. The summed E-state index contributed by atoms with van der Waals surface area (Å²) in [7, 11) is 0. The summed E-state index contributed by atoms with van der Waals surface area (Å²) >= 11 is 0. The van der Waals surface area contributed by atoms with Crippen LogP contribution < -0.4 is 5.73 Å². The van der Waals surface area contributed by atoms with Crippen LogP contribution in [-0.2, 0) is 0 Å². The van der Waals surface area contributed by atoms with Gasteiger partial charge in [-0.15, -0.1) is 0 Å². The molecule has 1 fully saturated rings. The van der Waals surface area contributed by atoms with E-state index in [0.29, 0.717) is 12.1 Å². The van der Waals surface area contributed by atoms with Gasteiger partial charge in [0.1, 0.15) is 5.82 Å². The molecule has 0 spiro atoms. The van der Waals surface area contributed by atoms with Crippen molar-refractivity contribution in [3.8, 4) is 0 Å². The number of hydrogen-bond acceptors (Lipinski definition) is 2. The van der Waals surface area contributed by atoms with Gasteiger partial charge in [-0.3, -0.25) is 4.90 Å². The van der Waals surface area contributed by atoms with E-state index in [1.165, 1.54) is 12.1 Å². The first-order chi connectivity index (χ1) is 7.16. The van der Waals surface area contributed by atoms with Crippen LogP contribution >= 0.6 is 0 Å². The monoisotopic (exact) mass is 208 g/mol. The van der Waals surface area contributed by atoms with Gasteiger partial charge in [0.25, 0.3) is 0 Å². The van der Waals surface area contributed by atoms with Crippen molar-refractivity contribution in [3.05, 3.63) is 35.6 Å². The Balaban J connectivity index is 2.07. The normalized spacial score (nSPS) is 24.3. The molecule has 2 rings (SSSR count). The molecule has 0 aromatic heterocycles. The second-order valence-electron chi connectivity index (χ2n) is 4.27. The van der Waals surface area contributed by atoms with Gasteiger partial charge < -0.3 is 5.73 Å². The van der Waals surface area contributed by atoms with Crippen LogP contribution in [0.15, 0.2) is 24.3 Å². The molecule has 0 radical (unpaired) electrons. The van der Waals surface area contributed by atoms with E-state index < -0.39 is 0 Å². The van der Waals surface area contributed by atoms with Gasteiger partial charge >= 0.3 is 0 Å². The van der Waals surface area contributed by atoms with Crippen LogP contribution in [0.1, 0.15) is 24.9 Å². The van der Waals surface area contributed by atoms with Crippen molar-refractivity contribution in [2.75, 3.05) is 13.1 Å². The highest BCUT2D eigenvalue weighted by atomic mass is 19.1. The molecule has 1 unspecified atom stereocenters. The van der Waals surface area contributed by atoms with Gasteiger partial charge in [-0.25, -0.2) is 4.39 Å². The predicted molar refractivity (Wildman–Crippen MR) is 59.0 cm³/mol. The number of nitrogens with two attached hydrogens (primary N) is 1. The van der Waals surface area contributed by atoms with Gasteiger partial charge in [0.2, 0.25) is 0 Å². The van der Waals surface area contributed by atoms with Gasteiger partial charge in [0.15, 0.2) is 0 Å². The summed E-state index contributed by atoms with van der Waals surface area (Å²) in [6.07, 6.45) is 1.06. The zero-order valence-corrected chi connectivity index (χ0v) is 8.99. The SMILES string of the molecule is CC(c1ccc(F)cc1)N1CC[C@H](N)C1. The molecule has 1 aromatic rings. The maximum atomic E-state index is 12.8. The van der Waals surface area contributed by atoms with Gasteiger partial charge in [0, 0.05) is 25.2 Å². The van der Waals surface area contributed by atoms with E-state index in [1.807, 2.05) is 12.1 Å². The zero-order valence-electron chi connectivity index (χ0n) is 8.99. The minimum atomic E-state index is -0.177. The molecule has 15 heavy (non-hydrogen) atoms. The molecule has 2 nitrogen and oxygen atoms in total. The van der Waals surface area contributed by atoms with Gasteiger partial charge in [-0.05, 0) is 31.0 Å². The molecule has 0 bridgehead atoms. The minimum absolute atomic E-state index is 0.177. The summed E-state index contributed by atoms with van der Waals surface area (Å²) in [5.74, 6) is -0.177. The third-order valence-electron chi connectivity index (χ3n) is 3.16. The third-order valence-corrected chi connectivity index (χ3v) is 3.16. The highest BCUT2D eigenvalue weighted by Crippen LogP contribution is 2.24. The fourth-order valence-corrected chi connectivity index (χ4v) is 2.12. The van der Waals surface area contributed by atoms with E-state index in [4.69, 9.17) is 5.73 Å². The topological polar surface area (TPSA) is 29.3 Å². The summed E-state index contributed by atoms with van der Waals surface area (Å²) in [5.41, 5.74) is 7.02. The lowest BCUT2D eigenvalue weighted by Crippen LogP contribution is -2.28. The molecule has 1 aliphatic heterocycles. The van der Waals surface area contributed by atoms with Crippen LogP contribution in [0.4, 0.5) is 4.39 Å². The summed E-state index contributed by atoms with van der Waals surface area (Å²) in [5, 5.41) is 0. The predicted octanol–water partition coefficient (Wildman–Crippen LogP) is 1.92. The average molecular weight is 208 g/mol. The largest absolute Gasteiger partial charge is 0.326 e. The summed E-state index contributed by atoms with van der Waals surface area (Å²) < 4.78 is 12.8. The Morgan fingerprint density at radius 1 is 1.40 bits per heavy atom. The average Bonchev–Trinajstić information content (AvgIpc) is 2.65. The Kier molecular flexibility index (Phi) is 3.03. The van der Waals surface area contributed by atoms with Crippen LogP contribution in [0.25, 0.3) is 0 Å². The zero-order chi connectivity index (χ0) is 10.8. The molecule has 1 aromatic carbocycles. The molecule has 3 heteroatoms. The molecule has 2 atom stereocenters. The molecule has 82 valence electrons. The first-order valence-electron chi connectivity index (χ1n) is 5.42. The molecule has 1 aliphatic rings. The number of hydrogen-bond donors (Lipinski definition) is 1. The Labute approximate surface area is 89.9 Å². The molecular formula is C12H17FN2. The lowest BCUT2D eigenvalue weighted by molar-refractivity contribution is 0.260. The van der Waals surface area contributed by atoms with E-state index in [9.17, 15) is 4.39 Å². The molecular weight excluding hydrogens is 191 g/mol. The van der Waals surface area contributed by atoms with E-state index in [2.05, 4.69) is 11.8 Å². The van der Waals surface area contributed by atoms with E-state index in [1.54, 1.807) is 0 Å². The smallest absolute Gasteiger partial charge is 0.123 e. The highest BCUT2D eigenvalue weighted by Gasteiger charge is 2.24. The molecule has 0 saturated carbocycles. The number of halogens is 1. The van der Waals surface area contributed by atoms with Crippen molar-refractivity contribution in [2.24, 2.45) is 5.73 Å². The van der Waals surface area contributed by atoms with E-state index in [0.717, 1.165) is 25.1 Å². The van der Waals surface area contributed by atoms with Crippen molar-refractivity contribution >= 4 is 0 Å². The van der Waals surface area contributed by atoms with Crippen molar-refractivity contribution < 1.29 is 4.39 Å². The molecule has 2 N–H and O–H groups in total. The van der Waals surface area contributed by atoms with Crippen LogP contribution in [-0.4, -0.2) is 24.0 Å². The number of benzene rings is 1. The Bertz CT molecular complexity index is 323. The first kappa shape index (κ1) is 10.6. The van der Waals surface area contributed by atoms with Crippen LogP contribution in [0.3, 0.4) is 0 Å². The van der Waals surface area contributed by atoms with Crippen LogP contribution in [0.2, 0.25) is 0 Å². The first-order valence-corrected chi connectivity index (χ1v) is 5.42. The fourth-order valence-electron chi connectivity index (χ4n) is 2.12. The number of rotatable bonds is 2. The Morgan fingerprint density at radius 3 is 2.60 bits per heavy atom. The van der Waals surface area contributed by atoms with Gasteiger partial charge in [0.05, 0.1) is 0 Å². The third kappa shape index (κ3) is 2.36. The summed E-state index contributed by atoms with van der Waals surface area (Å²) in [6.45, 7) is 4.13. The standard InChI is InChI=1S/C12H17FN2/c1-9(15-7-6-12(14)8-15)10-2-4-11(13)5-3-10/h2-5,9,12H,6-8,14H2,1H3/t9?,12-/m0/s1. The van der Waals surface area contributed by atoms with Crippen molar-refractivity contribution in [1.82, 2.24) is 4.90 Å². The van der Waals surface area contributed by atoms with Crippen molar-refractivity contribution in [3.63, 3.8) is 0 Å². The molecule has 0 aliphatic carbocycles. The van der Waals surface area contributed by atoms with Gasteiger partial charge in [-0.2, -0.15) is 0 Å². The van der Waals surface area contributed by atoms with E-state index in [-0.39, 0.29) is 5.82 Å². The maximum absolute atomic E-state index is 12.8. The van der Waals surface area contributed by atoms with Crippen molar-refractivity contribution in [1.29, 1.82) is 0 Å². The summed E-state index contributed by atoms with van der Waals surface area (Å²) in [6, 6.07) is 7.37.